The largest absolute Gasteiger partial charge is 0.368 e. The molecule has 0 aliphatic carbocycles. The summed E-state index contributed by atoms with van der Waals surface area (Å²) in [5.41, 5.74) is 1.94. The zero-order valence-electron chi connectivity index (χ0n) is 13.0. The van der Waals surface area contributed by atoms with Crippen molar-refractivity contribution in [1.29, 1.82) is 5.26 Å². The van der Waals surface area contributed by atoms with Gasteiger partial charge >= 0.3 is 0 Å². The van der Waals surface area contributed by atoms with Crippen molar-refractivity contribution in [3.05, 3.63) is 18.5 Å². The normalized spacial score (nSPS) is 18.0. The Morgan fingerprint density at radius 2 is 2.28 bits per heavy atom. The van der Waals surface area contributed by atoms with Crippen LogP contribution in [-0.4, -0.2) is 58.7 Å². The Labute approximate surface area is 142 Å². The average Bonchev–Trinajstić information content (AvgIpc) is 3.22. The number of aromatic amines is 1. The Morgan fingerprint density at radius 1 is 1.40 bits per heavy atom. The van der Waals surface area contributed by atoms with E-state index in [9.17, 15) is 8.42 Å². The molecule has 10 nitrogen and oxygen atoms in total. The lowest BCUT2D eigenvalue weighted by Crippen LogP contribution is -2.38. The van der Waals surface area contributed by atoms with Crippen molar-refractivity contribution >= 4 is 37.8 Å². The summed E-state index contributed by atoms with van der Waals surface area (Å²) < 4.78 is 26.1. The Bertz CT molecular complexity index is 1090. The van der Waals surface area contributed by atoms with Gasteiger partial charge in [0, 0.05) is 30.7 Å². The van der Waals surface area contributed by atoms with Gasteiger partial charge in [-0.25, -0.2) is 13.1 Å². The number of hydrogen-bond acceptors (Lipinski definition) is 8. The van der Waals surface area contributed by atoms with E-state index in [-0.39, 0.29) is 6.04 Å². The zero-order valence-corrected chi connectivity index (χ0v) is 13.9. The van der Waals surface area contributed by atoms with Gasteiger partial charge in [0.1, 0.15) is 0 Å². The van der Waals surface area contributed by atoms with E-state index in [1.807, 2.05) is 11.0 Å². The Hall–Kier alpha value is -2.84. The number of H-pyrrole nitrogens is 1. The summed E-state index contributed by atoms with van der Waals surface area (Å²) in [6, 6.07) is 3.32. The Kier molecular flexibility index (Phi) is 3.70. The van der Waals surface area contributed by atoms with Crippen LogP contribution in [-0.2, 0) is 10.0 Å². The number of rotatable bonds is 4. The van der Waals surface area contributed by atoms with Crippen LogP contribution in [0.2, 0.25) is 0 Å². The van der Waals surface area contributed by atoms with E-state index in [1.54, 1.807) is 18.5 Å². The molecule has 0 bridgehead atoms. The summed E-state index contributed by atoms with van der Waals surface area (Å²) in [5, 5.41) is 26.5. The number of hydrogen-bond donors (Lipinski definition) is 2. The quantitative estimate of drug-likeness (QED) is 0.660. The fourth-order valence-corrected chi connectivity index (χ4v) is 4.09. The van der Waals surface area contributed by atoms with Crippen LogP contribution in [0.5, 0.6) is 0 Å². The highest BCUT2D eigenvalue weighted by molar-refractivity contribution is 7.89. The molecule has 1 fully saturated rings. The van der Waals surface area contributed by atoms with Crippen LogP contribution in [0.15, 0.2) is 18.5 Å². The molecule has 4 heterocycles. The third-order valence-electron chi connectivity index (χ3n) is 4.18. The lowest BCUT2D eigenvalue weighted by molar-refractivity contribution is 0.564. The maximum absolute atomic E-state index is 11.8. The third-order valence-corrected chi connectivity index (χ3v) is 5.38. The Balaban J connectivity index is 1.67. The second kappa shape index (κ2) is 5.91. The molecule has 4 rings (SSSR count). The van der Waals surface area contributed by atoms with Crippen molar-refractivity contribution in [3.63, 3.8) is 0 Å². The standard InChI is InChI=1S/C14H14N8O2S/c15-3-6-25(23,24)21-9-2-5-22(8-9)11-7-17-18-14-12(11)10-1-4-16-13(10)19-20-14/h1,4,7,9,21H,2,5-6,8H2,(H,16,19). The van der Waals surface area contributed by atoms with Crippen LogP contribution in [0.1, 0.15) is 6.42 Å². The van der Waals surface area contributed by atoms with Crippen molar-refractivity contribution in [2.24, 2.45) is 0 Å². The number of nitrogens with zero attached hydrogens (tertiary/aromatic N) is 6. The lowest BCUT2D eigenvalue weighted by Gasteiger charge is -2.20. The zero-order chi connectivity index (χ0) is 17.4. The predicted octanol–water partition coefficient (Wildman–Crippen LogP) is -0.0772. The van der Waals surface area contributed by atoms with Crippen molar-refractivity contribution in [2.75, 3.05) is 23.7 Å². The van der Waals surface area contributed by atoms with E-state index < -0.39 is 15.8 Å². The van der Waals surface area contributed by atoms with E-state index in [1.165, 1.54) is 0 Å². The van der Waals surface area contributed by atoms with Gasteiger partial charge in [0.25, 0.3) is 0 Å². The van der Waals surface area contributed by atoms with Gasteiger partial charge in [-0.15, -0.1) is 15.3 Å². The van der Waals surface area contributed by atoms with Crippen LogP contribution in [0.3, 0.4) is 0 Å². The molecule has 0 aromatic carbocycles. The fourth-order valence-electron chi connectivity index (χ4n) is 3.13. The van der Waals surface area contributed by atoms with Crippen LogP contribution in [0, 0.1) is 11.3 Å². The summed E-state index contributed by atoms with van der Waals surface area (Å²) >= 11 is 0. The summed E-state index contributed by atoms with van der Waals surface area (Å²) in [4.78, 5) is 5.07. The first-order valence-corrected chi connectivity index (χ1v) is 9.30. The number of nitrogens with one attached hydrogen (secondary N) is 2. The van der Waals surface area contributed by atoms with Gasteiger partial charge in [-0.3, -0.25) is 0 Å². The maximum atomic E-state index is 11.8. The molecule has 0 saturated carbocycles. The van der Waals surface area contributed by atoms with Crippen molar-refractivity contribution < 1.29 is 8.42 Å². The first-order valence-electron chi connectivity index (χ1n) is 7.64. The third kappa shape index (κ3) is 2.86. The molecule has 0 spiro atoms. The highest BCUT2D eigenvalue weighted by atomic mass is 32.2. The van der Waals surface area contributed by atoms with E-state index >= 15 is 0 Å². The minimum atomic E-state index is -3.58. The van der Waals surface area contributed by atoms with E-state index in [2.05, 4.69) is 30.1 Å². The first-order chi connectivity index (χ1) is 12.1. The molecule has 3 aromatic heterocycles. The van der Waals surface area contributed by atoms with Crippen molar-refractivity contribution in [1.82, 2.24) is 30.1 Å². The molecular weight excluding hydrogens is 344 g/mol. The second-order valence-electron chi connectivity index (χ2n) is 5.84. The molecule has 1 atom stereocenters. The topological polar surface area (TPSA) is 141 Å². The minimum Gasteiger partial charge on any atom is -0.368 e. The molecule has 128 valence electrons. The second-order valence-corrected chi connectivity index (χ2v) is 7.59. The first kappa shape index (κ1) is 15.7. The van der Waals surface area contributed by atoms with E-state index in [4.69, 9.17) is 5.26 Å². The van der Waals surface area contributed by atoms with E-state index in [0.29, 0.717) is 30.8 Å². The lowest BCUT2D eigenvalue weighted by atomic mass is 10.2. The molecule has 3 aromatic rings. The molecule has 25 heavy (non-hydrogen) atoms. The number of aromatic nitrogens is 5. The summed E-state index contributed by atoms with van der Waals surface area (Å²) in [6.45, 7) is 1.15. The molecule has 11 heteroatoms. The number of sulfonamides is 1. The maximum Gasteiger partial charge on any atom is 0.225 e. The van der Waals surface area contributed by atoms with Gasteiger partial charge in [0.2, 0.25) is 15.7 Å². The number of nitriles is 1. The summed E-state index contributed by atoms with van der Waals surface area (Å²) in [6.07, 6.45) is 4.08. The minimum absolute atomic E-state index is 0.252. The van der Waals surface area contributed by atoms with Gasteiger partial charge in [0.15, 0.2) is 11.4 Å². The van der Waals surface area contributed by atoms with Crippen LogP contribution >= 0.6 is 0 Å². The molecule has 0 amide bonds. The molecule has 0 radical (unpaired) electrons. The molecule has 1 aliphatic rings. The van der Waals surface area contributed by atoms with Gasteiger partial charge in [0.05, 0.1) is 23.3 Å². The molecular formula is C14H14N8O2S. The SMILES string of the molecule is N#CCS(=O)(=O)NC1CCN(c2cnnc3nnc4[nH]ccc4c23)C1. The van der Waals surface area contributed by atoms with Gasteiger partial charge in [-0.2, -0.15) is 10.4 Å². The van der Waals surface area contributed by atoms with Crippen LogP contribution < -0.4 is 9.62 Å². The molecule has 1 saturated heterocycles. The molecule has 1 aliphatic heterocycles. The van der Waals surface area contributed by atoms with Gasteiger partial charge < -0.3 is 9.88 Å². The average molecular weight is 358 g/mol. The predicted molar refractivity (Wildman–Crippen MR) is 90.1 cm³/mol. The van der Waals surface area contributed by atoms with Crippen molar-refractivity contribution in [2.45, 2.75) is 12.5 Å². The van der Waals surface area contributed by atoms with Crippen LogP contribution in [0.4, 0.5) is 5.69 Å². The monoisotopic (exact) mass is 358 g/mol. The highest BCUT2D eigenvalue weighted by Crippen LogP contribution is 2.31. The smallest absolute Gasteiger partial charge is 0.225 e. The summed E-state index contributed by atoms with van der Waals surface area (Å²) in [5.74, 6) is -0.539. The summed E-state index contributed by atoms with van der Waals surface area (Å²) in [7, 11) is -3.58. The Morgan fingerprint density at radius 3 is 3.12 bits per heavy atom. The van der Waals surface area contributed by atoms with Gasteiger partial charge in [-0.05, 0) is 12.5 Å². The molecule has 2 N–H and O–H groups in total. The fraction of sp³-hybridized carbons (Fsp3) is 0.357. The highest BCUT2D eigenvalue weighted by Gasteiger charge is 2.28. The number of anilines is 1. The van der Waals surface area contributed by atoms with Crippen LogP contribution in [0.25, 0.3) is 22.1 Å². The number of fused-ring (bicyclic) bond motifs is 3. The van der Waals surface area contributed by atoms with Gasteiger partial charge in [-0.1, -0.05) is 0 Å². The molecule has 1 unspecified atom stereocenters. The van der Waals surface area contributed by atoms with E-state index in [0.717, 1.165) is 16.5 Å². The van der Waals surface area contributed by atoms with Crippen molar-refractivity contribution in [3.8, 4) is 6.07 Å².